The van der Waals surface area contributed by atoms with Gasteiger partial charge in [-0.1, -0.05) is 11.6 Å². The Labute approximate surface area is 106 Å². The summed E-state index contributed by atoms with van der Waals surface area (Å²) in [6.07, 6.45) is 1.79. The van der Waals surface area contributed by atoms with Crippen molar-refractivity contribution in [2.75, 3.05) is 31.1 Å². The molecule has 1 fully saturated rings. The summed E-state index contributed by atoms with van der Waals surface area (Å²) in [5.74, 6) is 0.148. The lowest BCUT2D eigenvalue weighted by Gasteiger charge is -2.35. The van der Waals surface area contributed by atoms with Crippen molar-refractivity contribution in [1.82, 2.24) is 9.88 Å². The van der Waals surface area contributed by atoms with Gasteiger partial charge in [0.2, 0.25) is 5.91 Å². The van der Waals surface area contributed by atoms with Gasteiger partial charge in [0.25, 0.3) is 0 Å². The molecule has 17 heavy (non-hydrogen) atoms. The average molecular weight is 254 g/mol. The number of hydrogen-bond acceptors (Lipinski definition) is 3. The smallest absolute Gasteiger partial charge is 0.219 e. The molecule has 1 aliphatic heterocycles. The lowest BCUT2D eigenvalue weighted by Crippen LogP contribution is -2.48. The van der Waals surface area contributed by atoms with Gasteiger partial charge in [-0.2, -0.15) is 0 Å². The molecule has 0 saturated carbocycles. The van der Waals surface area contributed by atoms with Crippen LogP contribution in [-0.4, -0.2) is 42.0 Å². The second kappa shape index (κ2) is 4.92. The van der Waals surface area contributed by atoms with Gasteiger partial charge in [0.15, 0.2) is 0 Å². The van der Waals surface area contributed by atoms with Crippen molar-refractivity contribution in [1.29, 1.82) is 0 Å². The third-order valence-corrected chi connectivity index (χ3v) is 3.49. The summed E-state index contributed by atoms with van der Waals surface area (Å²) in [5.41, 5.74) is 2.06. The van der Waals surface area contributed by atoms with E-state index < -0.39 is 0 Å². The molecular formula is C12H16ClN3O. The number of carbonyl (C=O) groups excluding carboxylic acids is 1. The topological polar surface area (TPSA) is 36.4 Å². The molecular weight excluding hydrogens is 238 g/mol. The molecule has 0 unspecified atom stereocenters. The van der Waals surface area contributed by atoms with Crippen LogP contribution in [0.5, 0.6) is 0 Å². The van der Waals surface area contributed by atoms with Crippen LogP contribution in [0.15, 0.2) is 12.3 Å². The normalized spacial score (nSPS) is 16.2. The highest BCUT2D eigenvalue weighted by Gasteiger charge is 2.19. The highest BCUT2D eigenvalue weighted by molar-refractivity contribution is 6.30. The van der Waals surface area contributed by atoms with E-state index in [0.29, 0.717) is 5.15 Å². The Morgan fingerprint density at radius 2 is 2.00 bits per heavy atom. The maximum absolute atomic E-state index is 11.2. The summed E-state index contributed by atoms with van der Waals surface area (Å²) in [7, 11) is 0. The monoisotopic (exact) mass is 253 g/mol. The van der Waals surface area contributed by atoms with E-state index in [1.165, 1.54) is 0 Å². The highest BCUT2D eigenvalue weighted by Crippen LogP contribution is 2.20. The van der Waals surface area contributed by atoms with E-state index in [2.05, 4.69) is 9.88 Å². The Balaban J connectivity index is 2.05. The highest BCUT2D eigenvalue weighted by atomic mass is 35.5. The van der Waals surface area contributed by atoms with Crippen LogP contribution in [0.4, 0.5) is 5.69 Å². The Morgan fingerprint density at radius 1 is 1.35 bits per heavy atom. The van der Waals surface area contributed by atoms with Crippen molar-refractivity contribution in [3.8, 4) is 0 Å². The van der Waals surface area contributed by atoms with Crippen molar-refractivity contribution < 1.29 is 4.79 Å². The zero-order valence-electron chi connectivity index (χ0n) is 10.1. The van der Waals surface area contributed by atoms with Gasteiger partial charge in [0, 0.05) is 33.1 Å². The molecule has 0 aliphatic carbocycles. The Kier molecular flexibility index (Phi) is 3.52. The number of amides is 1. The fourth-order valence-corrected chi connectivity index (χ4v) is 2.10. The fraction of sp³-hybridized carbons (Fsp3) is 0.500. The number of hydrogen-bond donors (Lipinski definition) is 0. The minimum atomic E-state index is 0.148. The standard InChI is InChI=1S/C12H16ClN3O/c1-9-7-11(8-14-12(9)13)16-5-3-15(4-6-16)10(2)17/h7-8H,3-6H2,1-2H3. The van der Waals surface area contributed by atoms with Crippen LogP contribution in [0.25, 0.3) is 0 Å². The van der Waals surface area contributed by atoms with E-state index in [9.17, 15) is 4.79 Å². The largest absolute Gasteiger partial charge is 0.367 e. The zero-order valence-corrected chi connectivity index (χ0v) is 10.9. The Morgan fingerprint density at radius 3 is 2.53 bits per heavy atom. The van der Waals surface area contributed by atoms with Crippen molar-refractivity contribution in [2.24, 2.45) is 0 Å². The fourth-order valence-electron chi connectivity index (χ4n) is 2.00. The number of carbonyl (C=O) groups is 1. The molecule has 1 aliphatic rings. The van der Waals surface area contributed by atoms with E-state index in [1.807, 2.05) is 17.9 Å². The molecule has 0 aromatic carbocycles. The van der Waals surface area contributed by atoms with Crippen LogP contribution in [-0.2, 0) is 4.79 Å². The van der Waals surface area contributed by atoms with Crippen LogP contribution in [0, 0.1) is 6.92 Å². The van der Waals surface area contributed by atoms with Gasteiger partial charge in [-0.05, 0) is 18.6 Å². The predicted octanol–water partition coefficient (Wildman–Crippen LogP) is 1.71. The molecule has 92 valence electrons. The first-order valence-electron chi connectivity index (χ1n) is 5.70. The van der Waals surface area contributed by atoms with Crippen LogP contribution < -0.4 is 4.90 Å². The molecule has 5 heteroatoms. The SMILES string of the molecule is CC(=O)N1CCN(c2cnc(Cl)c(C)c2)CC1. The number of piperazine rings is 1. The van der Waals surface area contributed by atoms with E-state index in [0.717, 1.165) is 37.4 Å². The van der Waals surface area contributed by atoms with Crippen LogP contribution in [0.2, 0.25) is 5.15 Å². The molecule has 1 aromatic rings. The first-order valence-corrected chi connectivity index (χ1v) is 6.08. The maximum atomic E-state index is 11.2. The van der Waals surface area contributed by atoms with E-state index >= 15 is 0 Å². The van der Waals surface area contributed by atoms with Gasteiger partial charge < -0.3 is 9.80 Å². The Hall–Kier alpha value is -1.29. The van der Waals surface area contributed by atoms with Crippen LogP contribution in [0.1, 0.15) is 12.5 Å². The number of nitrogens with zero attached hydrogens (tertiary/aromatic N) is 3. The Bertz CT molecular complexity index is 428. The molecule has 0 bridgehead atoms. The zero-order chi connectivity index (χ0) is 12.4. The summed E-state index contributed by atoms with van der Waals surface area (Å²) in [6, 6.07) is 2.04. The van der Waals surface area contributed by atoms with Crippen molar-refractivity contribution in [3.63, 3.8) is 0 Å². The first-order chi connectivity index (χ1) is 8.08. The second-order valence-electron chi connectivity index (χ2n) is 4.29. The van der Waals surface area contributed by atoms with Crippen molar-refractivity contribution in [2.45, 2.75) is 13.8 Å². The van der Waals surface area contributed by atoms with Gasteiger partial charge in [0.1, 0.15) is 5.15 Å². The molecule has 0 N–H and O–H groups in total. The maximum Gasteiger partial charge on any atom is 0.219 e. The molecule has 1 amide bonds. The van der Waals surface area contributed by atoms with Gasteiger partial charge in [-0.25, -0.2) is 4.98 Å². The minimum Gasteiger partial charge on any atom is -0.367 e. The summed E-state index contributed by atoms with van der Waals surface area (Å²) in [5, 5.41) is 0.552. The molecule has 2 rings (SSSR count). The second-order valence-corrected chi connectivity index (χ2v) is 4.65. The predicted molar refractivity (Wildman–Crippen MR) is 68.5 cm³/mol. The first kappa shape index (κ1) is 12.2. The number of rotatable bonds is 1. The molecule has 0 atom stereocenters. The van der Waals surface area contributed by atoms with Gasteiger partial charge in [-0.3, -0.25) is 4.79 Å². The molecule has 2 heterocycles. The lowest BCUT2D eigenvalue weighted by molar-refractivity contribution is -0.129. The summed E-state index contributed by atoms with van der Waals surface area (Å²) in [6.45, 7) is 6.81. The van der Waals surface area contributed by atoms with Gasteiger partial charge >= 0.3 is 0 Å². The molecule has 1 aromatic heterocycles. The number of halogens is 1. The van der Waals surface area contributed by atoms with Crippen LogP contribution >= 0.6 is 11.6 Å². The third kappa shape index (κ3) is 2.69. The van der Waals surface area contributed by atoms with Crippen LogP contribution in [0.3, 0.4) is 0 Å². The lowest BCUT2D eigenvalue weighted by atomic mass is 10.2. The summed E-state index contributed by atoms with van der Waals surface area (Å²) in [4.78, 5) is 19.5. The van der Waals surface area contributed by atoms with Gasteiger partial charge in [-0.15, -0.1) is 0 Å². The van der Waals surface area contributed by atoms with Gasteiger partial charge in [0.05, 0.1) is 11.9 Å². The summed E-state index contributed by atoms with van der Waals surface area (Å²) < 4.78 is 0. The summed E-state index contributed by atoms with van der Waals surface area (Å²) >= 11 is 5.90. The number of aryl methyl sites for hydroxylation is 1. The third-order valence-electron chi connectivity index (χ3n) is 3.09. The number of anilines is 1. The molecule has 0 radical (unpaired) electrons. The molecule has 0 spiro atoms. The van der Waals surface area contributed by atoms with Crippen molar-refractivity contribution >= 4 is 23.2 Å². The average Bonchev–Trinajstić information content (AvgIpc) is 2.33. The van der Waals surface area contributed by atoms with E-state index in [4.69, 9.17) is 11.6 Å². The minimum absolute atomic E-state index is 0.148. The van der Waals surface area contributed by atoms with E-state index in [1.54, 1.807) is 13.1 Å². The number of pyridine rings is 1. The molecule has 4 nitrogen and oxygen atoms in total. The molecule has 1 saturated heterocycles. The van der Waals surface area contributed by atoms with E-state index in [-0.39, 0.29) is 5.91 Å². The van der Waals surface area contributed by atoms with Crippen molar-refractivity contribution in [3.05, 3.63) is 23.0 Å². The number of aromatic nitrogens is 1. The quantitative estimate of drug-likeness (QED) is 0.715.